The van der Waals surface area contributed by atoms with Gasteiger partial charge in [0.25, 0.3) is 0 Å². The molecule has 1 aromatic heterocycles. The topological polar surface area (TPSA) is 83.1 Å². The third-order valence-corrected chi connectivity index (χ3v) is 6.49. The largest absolute Gasteiger partial charge is 0.489 e. The Morgan fingerprint density at radius 2 is 1.95 bits per heavy atom. The minimum atomic E-state index is -0.647. The summed E-state index contributed by atoms with van der Waals surface area (Å²) in [7, 11) is 1.52. The summed E-state index contributed by atoms with van der Waals surface area (Å²) in [4.78, 5) is 27.0. The van der Waals surface area contributed by atoms with Gasteiger partial charge in [0.05, 0.1) is 0 Å². The number of benzene rings is 2. The van der Waals surface area contributed by atoms with Crippen LogP contribution in [0.1, 0.15) is 13.8 Å². The fourth-order valence-corrected chi connectivity index (χ4v) is 4.18. The van der Waals surface area contributed by atoms with Crippen LogP contribution in [0.4, 0.5) is 26.6 Å². The van der Waals surface area contributed by atoms with Gasteiger partial charge in [-0.25, -0.2) is 14.2 Å². The molecule has 2 aromatic carbocycles. The standard InChI is InChI=1S/C27H32ClFN6O3/c1-19(2)35-13-11-34(12-14-35)15-16-37-24-8-7-21(18-23(24)29)31-26-30-10-9-25(32-26)33(3)27(36)38-22-6-4-5-20(28)17-22/h4-10,17-19H,11-16H2,1-3H3,(H,30,31,32). The molecular formula is C27H32ClFN6O3. The summed E-state index contributed by atoms with van der Waals surface area (Å²) in [6.45, 7) is 9.62. The molecule has 0 spiro atoms. The second-order valence-electron chi connectivity index (χ2n) is 9.21. The lowest BCUT2D eigenvalue weighted by Gasteiger charge is -2.36. The number of anilines is 3. The maximum Gasteiger partial charge on any atom is 0.420 e. The molecule has 1 aliphatic heterocycles. The van der Waals surface area contributed by atoms with Crippen molar-refractivity contribution in [1.82, 2.24) is 19.8 Å². The molecule has 1 saturated heterocycles. The number of halogens is 2. The van der Waals surface area contributed by atoms with E-state index in [1.165, 1.54) is 30.3 Å². The van der Waals surface area contributed by atoms with Crippen molar-refractivity contribution in [3.63, 3.8) is 0 Å². The minimum absolute atomic E-state index is 0.189. The zero-order valence-corrected chi connectivity index (χ0v) is 22.5. The summed E-state index contributed by atoms with van der Waals surface area (Å²) < 4.78 is 25.7. The Balaban J connectivity index is 1.29. The number of hydrogen-bond donors (Lipinski definition) is 1. The average Bonchev–Trinajstić information content (AvgIpc) is 2.90. The smallest absolute Gasteiger partial charge is 0.420 e. The van der Waals surface area contributed by atoms with Crippen LogP contribution in [0.3, 0.4) is 0 Å². The third kappa shape index (κ3) is 7.53. The van der Waals surface area contributed by atoms with Gasteiger partial charge in [-0.05, 0) is 50.2 Å². The van der Waals surface area contributed by atoms with Crippen LogP contribution in [0.5, 0.6) is 11.5 Å². The molecule has 0 unspecified atom stereocenters. The van der Waals surface area contributed by atoms with Crippen molar-refractivity contribution in [2.45, 2.75) is 19.9 Å². The predicted molar refractivity (Wildman–Crippen MR) is 146 cm³/mol. The van der Waals surface area contributed by atoms with Crippen LogP contribution in [-0.4, -0.2) is 78.3 Å². The van der Waals surface area contributed by atoms with E-state index in [0.29, 0.717) is 34.9 Å². The van der Waals surface area contributed by atoms with E-state index in [4.69, 9.17) is 21.1 Å². The third-order valence-electron chi connectivity index (χ3n) is 6.25. The SMILES string of the molecule is CC(C)N1CCN(CCOc2ccc(Nc3nccc(N(C)C(=O)Oc4cccc(Cl)c4)n3)cc2F)CC1. The molecule has 38 heavy (non-hydrogen) atoms. The lowest BCUT2D eigenvalue weighted by molar-refractivity contribution is 0.0965. The predicted octanol–water partition coefficient (Wildman–Crippen LogP) is 5.05. The molecule has 0 atom stereocenters. The van der Waals surface area contributed by atoms with Crippen molar-refractivity contribution in [2.75, 3.05) is 56.6 Å². The summed E-state index contributed by atoms with van der Waals surface area (Å²) in [6.07, 6.45) is 0.842. The quantitative estimate of drug-likeness (QED) is 0.402. The average molecular weight is 543 g/mol. The minimum Gasteiger partial charge on any atom is -0.489 e. The molecule has 1 amide bonds. The molecule has 0 radical (unpaired) electrons. The number of carbonyl (C=O) groups excluding carboxylic acids is 1. The van der Waals surface area contributed by atoms with Gasteiger partial charge in [-0.2, -0.15) is 4.98 Å². The first-order chi connectivity index (χ1) is 18.3. The van der Waals surface area contributed by atoms with E-state index in [0.717, 1.165) is 32.7 Å². The number of aromatic nitrogens is 2. The number of ether oxygens (including phenoxy) is 2. The second-order valence-corrected chi connectivity index (χ2v) is 9.65. The molecule has 4 rings (SSSR count). The normalized spacial score (nSPS) is 14.4. The first-order valence-corrected chi connectivity index (χ1v) is 12.9. The second kappa shape index (κ2) is 12.9. The fraction of sp³-hybridized carbons (Fsp3) is 0.370. The molecule has 3 aromatic rings. The maximum absolute atomic E-state index is 14.7. The molecule has 0 aliphatic carbocycles. The number of piperazine rings is 1. The number of nitrogens with one attached hydrogen (secondary N) is 1. The van der Waals surface area contributed by atoms with Gasteiger partial charge in [-0.1, -0.05) is 17.7 Å². The van der Waals surface area contributed by atoms with Crippen LogP contribution in [-0.2, 0) is 0 Å². The Bertz CT molecular complexity index is 1240. The van der Waals surface area contributed by atoms with Crippen LogP contribution in [0, 0.1) is 5.82 Å². The Morgan fingerprint density at radius 1 is 1.16 bits per heavy atom. The van der Waals surface area contributed by atoms with E-state index in [-0.39, 0.29) is 11.7 Å². The van der Waals surface area contributed by atoms with Gasteiger partial charge < -0.3 is 14.8 Å². The highest BCUT2D eigenvalue weighted by Crippen LogP contribution is 2.24. The lowest BCUT2D eigenvalue weighted by atomic mass is 10.2. The number of carbonyl (C=O) groups is 1. The maximum atomic E-state index is 14.7. The monoisotopic (exact) mass is 542 g/mol. The van der Waals surface area contributed by atoms with Gasteiger partial charge in [-0.3, -0.25) is 14.7 Å². The van der Waals surface area contributed by atoms with Crippen molar-refractivity contribution in [3.05, 3.63) is 65.6 Å². The van der Waals surface area contributed by atoms with Crippen LogP contribution >= 0.6 is 11.6 Å². The summed E-state index contributed by atoms with van der Waals surface area (Å²) in [5.74, 6) is 0.503. The van der Waals surface area contributed by atoms with Gasteiger partial charge in [0.2, 0.25) is 5.95 Å². The van der Waals surface area contributed by atoms with Crippen molar-refractivity contribution in [2.24, 2.45) is 0 Å². The first kappa shape index (κ1) is 27.6. The Labute approximate surface area is 227 Å². The highest BCUT2D eigenvalue weighted by Gasteiger charge is 2.19. The van der Waals surface area contributed by atoms with E-state index in [2.05, 4.69) is 38.9 Å². The summed E-state index contributed by atoms with van der Waals surface area (Å²) in [5.41, 5.74) is 0.445. The number of nitrogens with zero attached hydrogens (tertiary/aromatic N) is 5. The molecule has 2 heterocycles. The molecular weight excluding hydrogens is 511 g/mol. The Morgan fingerprint density at radius 3 is 2.66 bits per heavy atom. The molecule has 0 saturated carbocycles. The Kier molecular flexibility index (Phi) is 9.33. The molecule has 1 aliphatic rings. The van der Waals surface area contributed by atoms with E-state index in [1.807, 2.05) is 0 Å². The van der Waals surface area contributed by atoms with E-state index in [9.17, 15) is 9.18 Å². The Hall–Kier alpha value is -3.47. The summed E-state index contributed by atoms with van der Waals surface area (Å²) in [5, 5.41) is 3.41. The van der Waals surface area contributed by atoms with Gasteiger partial charge in [0.1, 0.15) is 18.2 Å². The highest BCUT2D eigenvalue weighted by atomic mass is 35.5. The number of rotatable bonds is 9. The zero-order valence-electron chi connectivity index (χ0n) is 21.7. The van der Waals surface area contributed by atoms with Crippen molar-refractivity contribution < 1.29 is 18.7 Å². The summed E-state index contributed by atoms with van der Waals surface area (Å²) in [6, 6.07) is 13.2. The molecule has 9 nitrogen and oxygen atoms in total. The number of amides is 1. The van der Waals surface area contributed by atoms with Gasteiger partial charge >= 0.3 is 6.09 Å². The fourth-order valence-electron chi connectivity index (χ4n) is 4.00. The zero-order chi connectivity index (χ0) is 27.1. The van der Waals surface area contributed by atoms with Crippen LogP contribution in [0.2, 0.25) is 5.02 Å². The summed E-state index contributed by atoms with van der Waals surface area (Å²) >= 11 is 5.94. The van der Waals surface area contributed by atoms with Crippen LogP contribution < -0.4 is 19.7 Å². The van der Waals surface area contributed by atoms with Gasteiger partial charge in [0.15, 0.2) is 11.6 Å². The van der Waals surface area contributed by atoms with E-state index < -0.39 is 11.9 Å². The molecule has 11 heteroatoms. The van der Waals surface area contributed by atoms with Crippen LogP contribution in [0.15, 0.2) is 54.7 Å². The molecule has 202 valence electrons. The van der Waals surface area contributed by atoms with Crippen molar-refractivity contribution >= 4 is 35.1 Å². The lowest BCUT2D eigenvalue weighted by Crippen LogP contribution is -2.49. The van der Waals surface area contributed by atoms with E-state index >= 15 is 0 Å². The molecule has 0 bridgehead atoms. The van der Waals surface area contributed by atoms with Crippen molar-refractivity contribution in [3.8, 4) is 11.5 Å². The first-order valence-electron chi connectivity index (χ1n) is 12.5. The number of hydrogen-bond acceptors (Lipinski definition) is 8. The molecule has 1 N–H and O–H groups in total. The molecule has 1 fully saturated rings. The van der Waals surface area contributed by atoms with Gasteiger partial charge in [-0.15, -0.1) is 0 Å². The highest BCUT2D eigenvalue weighted by molar-refractivity contribution is 6.30. The van der Waals surface area contributed by atoms with Gasteiger partial charge in [0, 0.05) is 68.8 Å². The van der Waals surface area contributed by atoms with Crippen molar-refractivity contribution in [1.29, 1.82) is 0 Å². The van der Waals surface area contributed by atoms with Crippen LogP contribution in [0.25, 0.3) is 0 Å². The van der Waals surface area contributed by atoms with E-state index in [1.54, 1.807) is 36.4 Å².